The second-order valence-corrected chi connectivity index (χ2v) is 8.81. The minimum absolute atomic E-state index is 0.503. The summed E-state index contributed by atoms with van der Waals surface area (Å²) in [4.78, 5) is 0. The Hall–Kier alpha value is -2.86. The summed E-state index contributed by atoms with van der Waals surface area (Å²) in [7, 11) is 0. The molecule has 0 heteroatoms. The predicted molar refractivity (Wildman–Crippen MR) is 129 cm³/mol. The molecule has 2 aliphatic rings. The van der Waals surface area contributed by atoms with E-state index >= 15 is 0 Å². The van der Waals surface area contributed by atoms with Gasteiger partial charge in [-0.25, -0.2) is 0 Å². The lowest BCUT2D eigenvalue weighted by Crippen LogP contribution is -2.14. The highest BCUT2D eigenvalue weighted by atomic mass is 14.4. The van der Waals surface area contributed by atoms with Gasteiger partial charge in [-0.05, 0) is 65.0 Å². The fraction of sp³-hybridized carbons (Fsp3) is 0.267. The van der Waals surface area contributed by atoms with Gasteiger partial charge < -0.3 is 0 Å². The van der Waals surface area contributed by atoms with E-state index in [2.05, 4.69) is 97.6 Å². The van der Waals surface area contributed by atoms with Crippen LogP contribution in [0.25, 0.3) is 17.2 Å². The van der Waals surface area contributed by atoms with Crippen molar-refractivity contribution in [1.29, 1.82) is 0 Å². The van der Waals surface area contributed by atoms with Crippen molar-refractivity contribution in [2.24, 2.45) is 5.92 Å². The number of hydrogen-bond acceptors (Lipinski definition) is 0. The number of rotatable bonds is 8. The summed E-state index contributed by atoms with van der Waals surface area (Å²) in [6, 6.07) is 27.1. The van der Waals surface area contributed by atoms with Gasteiger partial charge in [-0.15, -0.1) is 6.58 Å². The molecule has 0 spiro atoms. The normalized spacial score (nSPS) is 17.4. The Labute approximate surface area is 181 Å². The Balaban J connectivity index is 1.47. The Kier molecular flexibility index (Phi) is 5.41. The largest absolute Gasteiger partial charge is 0.103 e. The lowest BCUT2D eigenvalue weighted by atomic mass is 9.76. The van der Waals surface area contributed by atoms with Crippen molar-refractivity contribution in [3.05, 3.63) is 114 Å². The Bertz CT molecular complexity index is 1030. The van der Waals surface area contributed by atoms with E-state index in [-0.39, 0.29) is 0 Å². The zero-order valence-corrected chi connectivity index (χ0v) is 17.6. The molecular formula is C30H30. The lowest BCUT2D eigenvalue weighted by Gasteiger charge is -2.28. The van der Waals surface area contributed by atoms with E-state index in [1.54, 1.807) is 0 Å². The van der Waals surface area contributed by atoms with Crippen molar-refractivity contribution in [2.75, 3.05) is 0 Å². The van der Waals surface area contributed by atoms with Gasteiger partial charge in [0.15, 0.2) is 0 Å². The molecule has 0 aromatic heterocycles. The molecule has 0 aliphatic heterocycles. The topological polar surface area (TPSA) is 0 Å². The van der Waals surface area contributed by atoms with Crippen LogP contribution in [0, 0.1) is 5.92 Å². The molecule has 3 aromatic carbocycles. The summed E-state index contributed by atoms with van der Waals surface area (Å²) >= 11 is 0. The highest BCUT2D eigenvalue weighted by molar-refractivity contribution is 5.78. The molecule has 2 unspecified atom stereocenters. The van der Waals surface area contributed by atoms with Gasteiger partial charge in [0.2, 0.25) is 0 Å². The molecule has 0 amide bonds. The predicted octanol–water partition coefficient (Wildman–Crippen LogP) is 8.36. The van der Waals surface area contributed by atoms with Crippen LogP contribution in [0.3, 0.4) is 0 Å². The lowest BCUT2D eigenvalue weighted by molar-refractivity contribution is 0.382. The highest BCUT2D eigenvalue weighted by Crippen LogP contribution is 2.50. The first kappa shape index (κ1) is 19.1. The van der Waals surface area contributed by atoms with E-state index in [0.717, 1.165) is 6.42 Å². The van der Waals surface area contributed by atoms with Crippen molar-refractivity contribution in [3.8, 4) is 11.1 Å². The Morgan fingerprint density at radius 2 is 1.40 bits per heavy atom. The van der Waals surface area contributed by atoms with Crippen LogP contribution in [-0.2, 0) is 0 Å². The SMILES string of the molecule is C=CCCCCC(CC1c2ccccc2-c2ccccc21)C1C=Cc2ccccc21. The van der Waals surface area contributed by atoms with Crippen molar-refractivity contribution >= 4 is 6.08 Å². The minimum atomic E-state index is 0.503. The van der Waals surface area contributed by atoms with E-state index in [1.165, 1.54) is 59.1 Å². The summed E-state index contributed by atoms with van der Waals surface area (Å²) < 4.78 is 0. The molecule has 3 aromatic rings. The molecule has 2 atom stereocenters. The minimum Gasteiger partial charge on any atom is -0.103 e. The molecule has 0 radical (unpaired) electrons. The van der Waals surface area contributed by atoms with Gasteiger partial charge in [-0.2, -0.15) is 0 Å². The number of hydrogen-bond donors (Lipinski definition) is 0. The van der Waals surface area contributed by atoms with Crippen LogP contribution in [0.15, 0.2) is 91.5 Å². The third-order valence-corrected chi connectivity index (χ3v) is 7.08. The summed E-state index contributed by atoms with van der Waals surface area (Å²) in [6.45, 7) is 3.91. The fourth-order valence-corrected chi connectivity index (χ4v) is 5.64. The first-order chi connectivity index (χ1) is 14.9. The average Bonchev–Trinajstić information content (AvgIpc) is 3.36. The molecule has 0 nitrogen and oxygen atoms in total. The van der Waals surface area contributed by atoms with E-state index in [4.69, 9.17) is 0 Å². The molecule has 0 N–H and O–H groups in total. The number of allylic oxidation sites excluding steroid dienone is 2. The van der Waals surface area contributed by atoms with Gasteiger partial charge in [0.1, 0.15) is 0 Å². The summed E-state index contributed by atoms with van der Waals surface area (Å²) in [5.74, 6) is 1.69. The maximum atomic E-state index is 3.91. The third-order valence-electron chi connectivity index (χ3n) is 7.08. The first-order valence-corrected chi connectivity index (χ1v) is 11.4. The number of unbranched alkanes of at least 4 members (excludes halogenated alkanes) is 2. The quantitative estimate of drug-likeness (QED) is 0.268. The van der Waals surface area contributed by atoms with Crippen LogP contribution in [-0.4, -0.2) is 0 Å². The third kappa shape index (κ3) is 3.45. The van der Waals surface area contributed by atoms with Gasteiger partial charge in [0.25, 0.3) is 0 Å². The zero-order valence-electron chi connectivity index (χ0n) is 17.6. The molecule has 0 saturated carbocycles. The van der Waals surface area contributed by atoms with Gasteiger partial charge >= 0.3 is 0 Å². The molecule has 0 saturated heterocycles. The van der Waals surface area contributed by atoms with Crippen molar-refractivity contribution in [3.63, 3.8) is 0 Å². The Morgan fingerprint density at radius 3 is 2.10 bits per heavy atom. The Morgan fingerprint density at radius 1 is 0.767 bits per heavy atom. The van der Waals surface area contributed by atoms with Crippen LogP contribution in [0.4, 0.5) is 0 Å². The molecule has 0 bridgehead atoms. The molecule has 0 heterocycles. The van der Waals surface area contributed by atoms with Crippen LogP contribution in [0.2, 0.25) is 0 Å². The molecule has 30 heavy (non-hydrogen) atoms. The van der Waals surface area contributed by atoms with Crippen LogP contribution >= 0.6 is 0 Å². The van der Waals surface area contributed by atoms with Crippen molar-refractivity contribution in [1.82, 2.24) is 0 Å². The summed E-state index contributed by atoms with van der Waals surface area (Å²) in [5.41, 5.74) is 8.84. The van der Waals surface area contributed by atoms with Crippen LogP contribution < -0.4 is 0 Å². The van der Waals surface area contributed by atoms with Crippen LogP contribution in [0.5, 0.6) is 0 Å². The van der Waals surface area contributed by atoms with E-state index in [0.29, 0.717) is 17.8 Å². The van der Waals surface area contributed by atoms with Gasteiger partial charge in [0, 0.05) is 11.8 Å². The second kappa shape index (κ2) is 8.48. The van der Waals surface area contributed by atoms with Gasteiger partial charge in [-0.3, -0.25) is 0 Å². The number of benzene rings is 3. The monoisotopic (exact) mass is 390 g/mol. The standard InChI is InChI=1S/C30H30/c1-2-3-4-5-13-23(25-20-19-22-12-6-7-14-24(22)25)21-30-28-17-10-8-15-26(28)27-16-9-11-18-29(27)30/h2,6-12,14-20,23,25,30H,1,3-5,13,21H2. The van der Waals surface area contributed by atoms with Gasteiger partial charge in [-0.1, -0.05) is 97.4 Å². The molecule has 5 rings (SSSR count). The fourth-order valence-electron chi connectivity index (χ4n) is 5.64. The van der Waals surface area contributed by atoms with E-state index in [1.807, 2.05) is 0 Å². The maximum Gasteiger partial charge on any atom is 0.0105 e. The summed E-state index contributed by atoms with van der Waals surface area (Å²) in [5, 5.41) is 0. The number of fused-ring (bicyclic) bond motifs is 4. The molecular weight excluding hydrogens is 360 g/mol. The van der Waals surface area contributed by atoms with Crippen LogP contribution in [0.1, 0.15) is 66.2 Å². The average molecular weight is 391 g/mol. The van der Waals surface area contributed by atoms with E-state index < -0.39 is 0 Å². The second-order valence-electron chi connectivity index (χ2n) is 8.81. The molecule has 0 fully saturated rings. The molecule has 150 valence electrons. The maximum absolute atomic E-state index is 3.91. The highest BCUT2D eigenvalue weighted by Gasteiger charge is 2.33. The molecule has 2 aliphatic carbocycles. The van der Waals surface area contributed by atoms with E-state index in [9.17, 15) is 0 Å². The smallest absolute Gasteiger partial charge is 0.0105 e. The zero-order chi connectivity index (χ0) is 20.3. The van der Waals surface area contributed by atoms with Crippen molar-refractivity contribution < 1.29 is 0 Å². The summed E-state index contributed by atoms with van der Waals surface area (Å²) in [6.07, 6.45) is 13.0. The first-order valence-electron chi connectivity index (χ1n) is 11.4. The van der Waals surface area contributed by atoms with Crippen molar-refractivity contribution in [2.45, 2.75) is 43.9 Å². The van der Waals surface area contributed by atoms with Gasteiger partial charge in [0.05, 0.1) is 0 Å².